The van der Waals surface area contributed by atoms with Crippen molar-refractivity contribution in [2.24, 2.45) is 0 Å². The van der Waals surface area contributed by atoms with Crippen molar-refractivity contribution in [3.8, 4) is 0 Å². The molecule has 0 fully saturated rings. The van der Waals surface area contributed by atoms with Crippen molar-refractivity contribution in [2.75, 3.05) is 26.4 Å². The molecule has 0 rings (SSSR count). The van der Waals surface area contributed by atoms with E-state index in [0.717, 1.165) is 0 Å². The van der Waals surface area contributed by atoms with Crippen molar-refractivity contribution in [3.05, 3.63) is 25.1 Å². The maximum Gasteiger partial charge on any atom is 0.477 e. The number of nitrogens with zero attached hydrogens (tertiary/aromatic N) is 3. The zero-order valence-corrected chi connectivity index (χ0v) is 8.55. The highest BCUT2D eigenvalue weighted by Gasteiger charge is 2.12. The first-order valence-electron chi connectivity index (χ1n) is 3.80. The second-order valence-corrected chi connectivity index (χ2v) is 2.00. The molecule has 0 aliphatic rings. The molecule has 100 valence electrons. The fourth-order valence-corrected chi connectivity index (χ4v) is 0.484. The Morgan fingerprint density at radius 3 is 1.29 bits per heavy atom. The van der Waals surface area contributed by atoms with Gasteiger partial charge in [-0.2, -0.15) is 9.68 Å². The van der Waals surface area contributed by atoms with Gasteiger partial charge in [0.25, 0.3) is 10.2 Å². The summed E-state index contributed by atoms with van der Waals surface area (Å²) in [5.41, 5.74) is 0. The second kappa shape index (κ2) is 10.1. The summed E-state index contributed by atoms with van der Waals surface area (Å²) in [4.78, 5) is 45.9. The van der Waals surface area contributed by atoms with Crippen molar-refractivity contribution >= 4 is 0 Å². The summed E-state index contributed by atoms with van der Waals surface area (Å²) in [5, 5.41) is 16.8. The van der Waals surface area contributed by atoms with Crippen LogP contribution in [0.25, 0.3) is 0 Å². The predicted octanol–water partition coefficient (Wildman–Crippen LogP) is -0.793. The minimum atomic E-state index is -1.05. The van der Waals surface area contributed by atoms with Gasteiger partial charge in [0.1, 0.15) is 18.1 Å². The van der Waals surface area contributed by atoms with Crippen LogP contribution in [-0.4, -0.2) is 41.7 Å². The van der Waals surface area contributed by atoms with E-state index < -0.39 is 36.6 Å². The molecule has 0 aromatic heterocycles. The summed E-state index contributed by atoms with van der Waals surface area (Å²) < 4.78 is 0. The first kappa shape index (κ1) is 17.0. The Morgan fingerprint density at radius 1 is 0.706 bits per heavy atom. The lowest BCUT2D eigenvalue weighted by Crippen LogP contribution is -2.18. The van der Waals surface area contributed by atoms with Crippen LogP contribution in [0, 0.1) is 25.1 Å². The van der Waals surface area contributed by atoms with Crippen LogP contribution < -0.4 is 6.15 Å². The van der Waals surface area contributed by atoms with E-state index in [1.54, 1.807) is 0 Å². The molecule has 0 atom stereocenters. The Kier molecular flexibility index (Phi) is 10.1. The predicted molar refractivity (Wildman–Crippen MR) is 46.4 cm³/mol. The van der Waals surface area contributed by atoms with Crippen LogP contribution in [0.2, 0.25) is 0 Å². The minimum absolute atomic E-state index is 0. The van der Waals surface area contributed by atoms with Crippen LogP contribution in [-0.2, 0) is 19.4 Å². The smallest absolute Gasteiger partial charge is 0.344 e. The highest BCUT2D eigenvalue weighted by molar-refractivity contribution is 4.16. The molecule has 0 heterocycles. The third-order valence-corrected chi connectivity index (χ3v) is 0.953. The zero-order chi connectivity index (χ0) is 12.4. The largest absolute Gasteiger partial charge is 0.477 e. The van der Waals surface area contributed by atoms with E-state index in [4.69, 9.17) is 0 Å². The van der Waals surface area contributed by atoms with E-state index in [9.17, 15) is 25.1 Å². The summed E-state index contributed by atoms with van der Waals surface area (Å²) in [6.45, 7) is -1.69. The van der Waals surface area contributed by atoms with Crippen LogP contribution in [0.15, 0.2) is 0 Å². The van der Waals surface area contributed by atoms with Gasteiger partial charge in [0, 0.05) is 0 Å². The average molecular weight is 259 g/mol. The zero-order valence-electron chi connectivity index (χ0n) is 8.55. The lowest BCUT2D eigenvalue weighted by Gasteiger charge is -1.95. The summed E-state index contributed by atoms with van der Waals surface area (Å²) >= 11 is 0. The molecule has 0 aliphatic carbocycles. The molecule has 0 unspecified atom stereocenters. The quantitative estimate of drug-likeness (QED) is 0.296. The number of hydrogen-bond donors (Lipinski definition) is 1. The van der Waals surface area contributed by atoms with Gasteiger partial charge in [0.15, 0.2) is 13.2 Å². The molecule has 0 saturated heterocycles. The fourth-order valence-electron chi connectivity index (χ4n) is 0.484. The summed E-state index contributed by atoms with van der Waals surface area (Å²) in [7, 11) is 0. The molecular formula is C4H11N4O9+. The van der Waals surface area contributed by atoms with Crippen LogP contribution >= 0.6 is 0 Å². The molecular weight excluding hydrogens is 248 g/mol. The van der Waals surface area contributed by atoms with Crippen molar-refractivity contribution in [1.29, 1.82) is 0 Å². The van der Waals surface area contributed by atoms with Gasteiger partial charge in [-0.1, -0.05) is 0 Å². The summed E-state index contributed by atoms with van der Waals surface area (Å²) in [6.07, 6.45) is 0. The first-order valence-corrected chi connectivity index (χ1v) is 3.80. The van der Waals surface area contributed by atoms with E-state index in [0.29, 0.717) is 0 Å². The molecule has 0 bridgehead atoms. The highest BCUT2D eigenvalue weighted by Crippen LogP contribution is 1.84. The SMILES string of the molecule is N.O=[N+]([O-])OCCO[N+](=O)OCCO[N+](=O)[O-]. The Balaban J connectivity index is 0. The highest BCUT2D eigenvalue weighted by atomic mass is 17.0. The monoisotopic (exact) mass is 259 g/mol. The Hall–Kier alpha value is -2.44. The maximum absolute atomic E-state index is 10.6. The van der Waals surface area contributed by atoms with Crippen LogP contribution in [0.4, 0.5) is 0 Å². The summed E-state index contributed by atoms with van der Waals surface area (Å²) in [5.74, 6) is 0. The Morgan fingerprint density at radius 2 is 1.00 bits per heavy atom. The fraction of sp³-hybridized carbons (Fsp3) is 1.00. The van der Waals surface area contributed by atoms with Crippen LogP contribution in [0.5, 0.6) is 0 Å². The molecule has 0 aliphatic heterocycles. The molecule has 0 amide bonds. The first-order chi connectivity index (χ1) is 7.52. The van der Waals surface area contributed by atoms with Crippen molar-refractivity contribution < 1.29 is 34.6 Å². The van der Waals surface area contributed by atoms with E-state index >= 15 is 0 Å². The normalized spacial score (nSPS) is 8.47. The van der Waals surface area contributed by atoms with Crippen molar-refractivity contribution in [3.63, 3.8) is 0 Å². The van der Waals surface area contributed by atoms with E-state index in [1.165, 1.54) is 0 Å². The van der Waals surface area contributed by atoms with Gasteiger partial charge in [-0.3, -0.25) is 0 Å². The standard InChI is InChI=1S/C4H8N3O9.H3N/c8-5(9)13-1-3-15-7(12)16-4-2-14-6(10)11;/h1-4H2;1H3/q+1;. The number of rotatable bonds is 10. The molecule has 0 spiro atoms. The lowest BCUT2D eigenvalue weighted by molar-refractivity contribution is -0.983. The van der Waals surface area contributed by atoms with E-state index in [-0.39, 0.29) is 11.2 Å². The molecule has 0 radical (unpaired) electrons. The third-order valence-electron chi connectivity index (χ3n) is 0.953. The third kappa shape index (κ3) is 13.6. The van der Waals surface area contributed by atoms with Gasteiger partial charge in [0.05, 0.1) is 0 Å². The second-order valence-electron chi connectivity index (χ2n) is 2.00. The molecule has 13 nitrogen and oxygen atoms in total. The molecule has 13 heteroatoms. The number of hydrogen-bond acceptors (Lipinski definition) is 10. The van der Waals surface area contributed by atoms with Gasteiger partial charge >= 0.3 is 5.09 Å². The topological polar surface area (TPSA) is 178 Å². The summed E-state index contributed by atoms with van der Waals surface area (Å²) in [6, 6.07) is 0. The van der Waals surface area contributed by atoms with Gasteiger partial charge < -0.3 is 15.8 Å². The van der Waals surface area contributed by atoms with Gasteiger partial charge in [-0.25, -0.2) is 0 Å². The van der Waals surface area contributed by atoms with Crippen LogP contribution in [0.3, 0.4) is 0 Å². The van der Waals surface area contributed by atoms with Crippen molar-refractivity contribution in [1.82, 2.24) is 6.15 Å². The van der Waals surface area contributed by atoms with Gasteiger partial charge in [0.2, 0.25) is 0 Å². The Labute approximate surface area is 93.5 Å². The van der Waals surface area contributed by atoms with E-state index in [2.05, 4.69) is 19.4 Å². The molecule has 17 heavy (non-hydrogen) atoms. The van der Waals surface area contributed by atoms with Crippen molar-refractivity contribution in [2.45, 2.75) is 0 Å². The lowest BCUT2D eigenvalue weighted by atomic mass is 10.8. The van der Waals surface area contributed by atoms with Gasteiger partial charge in [-0.15, -0.1) is 20.2 Å². The maximum atomic E-state index is 10.6. The molecule has 0 saturated carbocycles. The minimum Gasteiger partial charge on any atom is -0.344 e. The molecule has 0 aromatic rings. The Bertz CT molecular complexity index is 233. The molecule has 0 aromatic carbocycles. The molecule has 3 N–H and O–H groups in total. The van der Waals surface area contributed by atoms with Crippen LogP contribution in [0.1, 0.15) is 0 Å². The van der Waals surface area contributed by atoms with Gasteiger partial charge in [-0.05, 0) is 0 Å². The van der Waals surface area contributed by atoms with E-state index in [1.807, 2.05) is 0 Å². The average Bonchev–Trinajstić information content (AvgIpc) is 2.19.